The molecule has 0 radical (unpaired) electrons. The van der Waals surface area contributed by atoms with Gasteiger partial charge in [0.15, 0.2) is 0 Å². The van der Waals surface area contributed by atoms with Crippen LogP contribution in [0.1, 0.15) is 17.7 Å². The molecule has 1 fully saturated rings. The van der Waals surface area contributed by atoms with Crippen molar-refractivity contribution in [1.29, 1.82) is 0 Å². The zero-order valence-corrected chi connectivity index (χ0v) is 10.5. The summed E-state index contributed by atoms with van der Waals surface area (Å²) in [6, 6.07) is 3.90. The molecule has 2 heterocycles. The van der Waals surface area contributed by atoms with E-state index in [1.54, 1.807) is 18.3 Å². The minimum Gasteiger partial charge on any atom is -0.481 e. The number of carbonyl (C=O) groups is 1. The van der Waals surface area contributed by atoms with Crippen molar-refractivity contribution in [2.75, 3.05) is 19.8 Å². The molecule has 1 N–H and O–H groups in total. The summed E-state index contributed by atoms with van der Waals surface area (Å²) >= 11 is 1.57. The molecule has 1 aliphatic heterocycles. The van der Waals surface area contributed by atoms with Crippen LogP contribution in [-0.4, -0.2) is 37.0 Å². The molecule has 17 heavy (non-hydrogen) atoms. The predicted molar refractivity (Wildman–Crippen MR) is 64.4 cm³/mol. The van der Waals surface area contributed by atoms with Crippen molar-refractivity contribution in [1.82, 2.24) is 0 Å². The molecular weight excluding hydrogens is 240 g/mol. The molecule has 4 nitrogen and oxygen atoms in total. The fourth-order valence-corrected chi connectivity index (χ4v) is 3.08. The molecular formula is C12H16O4S. The first-order valence-electron chi connectivity index (χ1n) is 5.65. The van der Waals surface area contributed by atoms with Crippen LogP contribution < -0.4 is 0 Å². The Bertz CT molecular complexity index is 357. The number of carboxylic acid groups (broad SMARTS) is 1. The fraction of sp³-hybridized carbons (Fsp3) is 0.583. The van der Waals surface area contributed by atoms with Gasteiger partial charge in [0.2, 0.25) is 0 Å². The van der Waals surface area contributed by atoms with E-state index in [4.69, 9.17) is 9.47 Å². The van der Waals surface area contributed by atoms with Crippen LogP contribution in [0.3, 0.4) is 0 Å². The van der Waals surface area contributed by atoms with Gasteiger partial charge in [0.1, 0.15) is 0 Å². The summed E-state index contributed by atoms with van der Waals surface area (Å²) in [5, 5.41) is 11.1. The van der Waals surface area contributed by atoms with Gasteiger partial charge in [-0.05, 0) is 11.4 Å². The van der Waals surface area contributed by atoms with Gasteiger partial charge in [0, 0.05) is 10.8 Å². The SMILES string of the molecule is CC(C(=O)O)C(c1cccs1)C1COCCO1. The minimum absolute atomic E-state index is 0.132. The topological polar surface area (TPSA) is 55.8 Å². The van der Waals surface area contributed by atoms with Crippen molar-refractivity contribution in [2.24, 2.45) is 5.92 Å². The van der Waals surface area contributed by atoms with Crippen LogP contribution in [0.15, 0.2) is 17.5 Å². The lowest BCUT2D eigenvalue weighted by atomic mass is 9.87. The number of rotatable bonds is 4. The summed E-state index contributed by atoms with van der Waals surface area (Å²) in [5.74, 6) is -1.40. The van der Waals surface area contributed by atoms with Crippen LogP contribution in [0, 0.1) is 5.92 Å². The molecule has 3 atom stereocenters. The molecule has 1 aromatic heterocycles. The van der Waals surface area contributed by atoms with Crippen molar-refractivity contribution < 1.29 is 19.4 Å². The average Bonchev–Trinajstić information content (AvgIpc) is 2.84. The number of thiophene rings is 1. The van der Waals surface area contributed by atoms with Crippen LogP contribution in [0.4, 0.5) is 0 Å². The van der Waals surface area contributed by atoms with E-state index in [2.05, 4.69) is 0 Å². The smallest absolute Gasteiger partial charge is 0.306 e. The van der Waals surface area contributed by atoms with Crippen molar-refractivity contribution in [3.05, 3.63) is 22.4 Å². The van der Waals surface area contributed by atoms with Crippen LogP contribution in [-0.2, 0) is 14.3 Å². The Morgan fingerprint density at radius 1 is 1.59 bits per heavy atom. The highest BCUT2D eigenvalue weighted by Crippen LogP contribution is 2.34. The molecule has 0 aromatic carbocycles. The molecule has 94 valence electrons. The molecule has 1 aromatic rings. The van der Waals surface area contributed by atoms with Crippen molar-refractivity contribution >= 4 is 17.3 Å². The monoisotopic (exact) mass is 256 g/mol. The summed E-state index contributed by atoms with van der Waals surface area (Å²) < 4.78 is 11.0. The van der Waals surface area contributed by atoms with Crippen LogP contribution in [0.2, 0.25) is 0 Å². The Labute approximate surface area is 104 Å². The zero-order chi connectivity index (χ0) is 12.3. The van der Waals surface area contributed by atoms with Gasteiger partial charge in [-0.1, -0.05) is 13.0 Å². The van der Waals surface area contributed by atoms with E-state index in [1.807, 2.05) is 17.5 Å². The standard InChI is InChI=1S/C12H16O4S/c1-8(12(13)14)11(10-3-2-6-17-10)9-7-15-4-5-16-9/h2-3,6,8-9,11H,4-5,7H2,1H3,(H,13,14). The van der Waals surface area contributed by atoms with E-state index < -0.39 is 11.9 Å². The Hall–Kier alpha value is -0.910. The fourth-order valence-electron chi connectivity index (χ4n) is 2.10. The van der Waals surface area contributed by atoms with E-state index in [9.17, 15) is 9.90 Å². The van der Waals surface area contributed by atoms with Crippen LogP contribution in [0.5, 0.6) is 0 Å². The molecule has 3 unspecified atom stereocenters. The largest absolute Gasteiger partial charge is 0.481 e. The third-order valence-corrected chi connectivity index (χ3v) is 4.02. The van der Waals surface area contributed by atoms with E-state index in [0.717, 1.165) is 4.88 Å². The molecule has 0 saturated carbocycles. The van der Waals surface area contributed by atoms with Gasteiger partial charge in [0.05, 0.1) is 31.8 Å². The third-order valence-electron chi connectivity index (χ3n) is 3.04. The summed E-state index contributed by atoms with van der Waals surface area (Å²) in [5.41, 5.74) is 0. The normalized spacial score (nSPS) is 24.2. The Morgan fingerprint density at radius 3 is 2.94 bits per heavy atom. The second-order valence-electron chi connectivity index (χ2n) is 4.15. The molecule has 0 aliphatic carbocycles. The molecule has 2 rings (SSSR count). The van der Waals surface area contributed by atoms with Crippen LogP contribution in [0.25, 0.3) is 0 Å². The van der Waals surface area contributed by atoms with E-state index in [0.29, 0.717) is 19.8 Å². The maximum Gasteiger partial charge on any atom is 0.306 e. The van der Waals surface area contributed by atoms with E-state index >= 15 is 0 Å². The lowest BCUT2D eigenvalue weighted by Crippen LogP contribution is -2.38. The lowest BCUT2D eigenvalue weighted by Gasteiger charge is -2.32. The van der Waals surface area contributed by atoms with Crippen molar-refractivity contribution in [3.8, 4) is 0 Å². The summed E-state index contributed by atoms with van der Waals surface area (Å²) in [6.45, 7) is 3.33. The molecule has 1 saturated heterocycles. The van der Waals surface area contributed by atoms with Crippen molar-refractivity contribution in [3.63, 3.8) is 0 Å². The summed E-state index contributed by atoms with van der Waals surface area (Å²) in [6.07, 6.45) is -0.159. The molecule has 5 heteroatoms. The maximum absolute atomic E-state index is 11.2. The first kappa shape index (κ1) is 12.5. The van der Waals surface area contributed by atoms with Gasteiger partial charge >= 0.3 is 5.97 Å². The van der Waals surface area contributed by atoms with Gasteiger partial charge in [-0.15, -0.1) is 11.3 Å². The summed E-state index contributed by atoms with van der Waals surface area (Å²) in [4.78, 5) is 12.2. The Kier molecular flexibility index (Phi) is 4.15. The van der Waals surface area contributed by atoms with Crippen LogP contribution >= 0.6 is 11.3 Å². The van der Waals surface area contributed by atoms with E-state index in [-0.39, 0.29) is 12.0 Å². The van der Waals surface area contributed by atoms with E-state index in [1.165, 1.54) is 0 Å². The Balaban J connectivity index is 2.20. The molecule has 0 spiro atoms. The second-order valence-corrected chi connectivity index (χ2v) is 5.13. The summed E-state index contributed by atoms with van der Waals surface area (Å²) in [7, 11) is 0. The molecule has 1 aliphatic rings. The molecule has 0 amide bonds. The highest BCUT2D eigenvalue weighted by molar-refractivity contribution is 7.10. The van der Waals surface area contributed by atoms with Gasteiger partial charge in [-0.2, -0.15) is 0 Å². The first-order valence-corrected chi connectivity index (χ1v) is 6.53. The number of hydrogen-bond acceptors (Lipinski definition) is 4. The van der Waals surface area contributed by atoms with Gasteiger partial charge < -0.3 is 14.6 Å². The third kappa shape index (κ3) is 2.86. The predicted octanol–water partition coefficient (Wildman–Crippen LogP) is 1.97. The zero-order valence-electron chi connectivity index (χ0n) is 9.67. The van der Waals surface area contributed by atoms with Crippen molar-refractivity contribution in [2.45, 2.75) is 18.9 Å². The number of carboxylic acids is 1. The quantitative estimate of drug-likeness (QED) is 0.894. The lowest BCUT2D eigenvalue weighted by molar-refractivity contribution is -0.147. The van der Waals surface area contributed by atoms with Gasteiger partial charge in [-0.3, -0.25) is 4.79 Å². The number of aliphatic carboxylic acids is 1. The Morgan fingerprint density at radius 2 is 2.41 bits per heavy atom. The second kappa shape index (κ2) is 5.62. The van der Waals surface area contributed by atoms with Gasteiger partial charge in [-0.25, -0.2) is 0 Å². The highest BCUT2D eigenvalue weighted by Gasteiger charge is 2.35. The maximum atomic E-state index is 11.2. The van der Waals surface area contributed by atoms with Gasteiger partial charge in [0.25, 0.3) is 0 Å². The molecule has 0 bridgehead atoms. The number of hydrogen-bond donors (Lipinski definition) is 1. The minimum atomic E-state index is -0.794. The number of ether oxygens (including phenoxy) is 2. The first-order chi connectivity index (χ1) is 8.20. The average molecular weight is 256 g/mol. The highest BCUT2D eigenvalue weighted by atomic mass is 32.1.